The van der Waals surface area contributed by atoms with Crippen LogP contribution in [-0.4, -0.2) is 19.7 Å². The number of pyridine rings is 1. The second-order valence-corrected chi connectivity index (χ2v) is 6.32. The zero-order valence-electron chi connectivity index (χ0n) is 9.82. The van der Waals surface area contributed by atoms with Crippen LogP contribution in [0.4, 0.5) is 5.69 Å². The molecular weight excluding hydrogens is 326 g/mol. The van der Waals surface area contributed by atoms with E-state index in [0.29, 0.717) is 0 Å². The third-order valence-electron chi connectivity index (χ3n) is 2.50. The van der Waals surface area contributed by atoms with Gasteiger partial charge in [-0.1, -0.05) is 0 Å². The smallest absolute Gasteiger partial charge is 0.178 e. The highest BCUT2D eigenvalue weighted by Crippen LogP contribution is 2.24. The van der Waals surface area contributed by atoms with Crippen molar-refractivity contribution in [3.63, 3.8) is 0 Å². The third-order valence-corrected chi connectivity index (χ3v) is 4.13. The number of anilines is 1. The van der Waals surface area contributed by atoms with E-state index in [9.17, 15) is 0 Å². The molecule has 0 unspecified atom stereocenters. The summed E-state index contributed by atoms with van der Waals surface area (Å²) >= 11 is 5.17. The van der Waals surface area contributed by atoms with Gasteiger partial charge in [0.05, 0.1) is 9.47 Å². The fraction of sp³-hybridized carbons (Fsp3) is 0.0833. The number of hydrogen-bond donors (Lipinski definition) is 1. The van der Waals surface area contributed by atoms with Gasteiger partial charge in [-0.15, -0.1) is 11.3 Å². The Labute approximate surface area is 122 Å². The summed E-state index contributed by atoms with van der Waals surface area (Å²) in [5.41, 5.74) is 0.928. The summed E-state index contributed by atoms with van der Waals surface area (Å²) in [5, 5.41) is 7.47. The first kappa shape index (κ1) is 12.3. The first-order valence-corrected chi connectivity index (χ1v) is 7.22. The lowest BCUT2D eigenvalue weighted by Crippen LogP contribution is -2.05. The van der Waals surface area contributed by atoms with Gasteiger partial charge >= 0.3 is 0 Å². The minimum Gasteiger partial charge on any atom is -0.377 e. The van der Waals surface area contributed by atoms with E-state index in [1.54, 1.807) is 28.5 Å². The molecule has 0 saturated heterocycles. The first-order valence-electron chi connectivity index (χ1n) is 5.61. The molecule has 0 aliphatic carbocycles. The van der Waals surface area contributed by atoms with Crippen LogP contribution in [0.15, 0.2) is 46.9 Å². The van der Waals surface area contributed by atoms with E-state index in [1.165, 1.54) is 11.2 Å². The molecule has 0 aliphatic rings. The van der Waals surface area contributed by atoms with Crippen LogP contribution in [0.25, 0.3) is 5.82 Å². The normalized spacial score (nSPS) is 10.6. The van der Waals surface area contributed by atoms with Gasteiger partial charge in [-0.3, -0.25) is 0 Å². The van der Waals surface area contributed by atoms with Gasteiger partial charge in [0.2, 0.25) is 0 Å². The lowest BCUT2D eigenvalue weighted by atomic mass is 10.3. The molecule has 96 valence electrons. The van der Waals surface area contributed by atoms with Crippen molar-refractivity contribution in [1.82, 2.24) is 19.7 Å². The van der Waals surface area contributed by atoms with Crippen LogP contribution >= 0.6 is 27.3 Å². The molecule has 0 spiro atoms. The SMILES string of the molecule is Brc1ccc(CNc2cccnc2-n2cncn2)s1. The Hall–Kier alpha value is -1.73. The van der Waals surface area contributed by atoms with Crippen molar-refractivity contribution >= 4 is 33.0 Å². The molecule has 1 N–H and O–H groups in total. The summed E-state index contributed by atoms with van der Waals surface area (Å²) in [6.45, 7) is 0.754. The summed E-state index contributed by atoms with van der Waals surface area (Å²) in [6, 6.07) is 8.01. The lowest BCUT2D eigenvalue weighted by Gasteiger charge is -2.09. The molecular formula is C12H10BrN5S. The van der Waals surface area contributed by atoms with Crippen LogP contribution < -0.4 is 5.32 Å². The molecule has 0 radical (unpaired) electrons. The topological polar surface area (TPSA) is 55.6 Å². The quantitative estimate of drug-likeness (QED) is 0.795. The molecule has 0 atom stereocenters. The molecule has 0 aromatic carbocycles. The molecule has 0 bridgehead atoms. The molecule has 19 heavy (non-hydrogen) atoms. The van der Waals surface area contributed by atoms with E-state index in [4.69, 9.17) is 0 Å². The molecule has 3 heterocycles. The molecule has 3 aromatic rings. The number of aromatic nitrogens is 4. The highest BCUT2D eigenvalue weighted by atomic mass is 79.9. The van der Waals surface area contributed by atoms with Crippen molar-refractivity contribution < 1.29 is 0 Å². The molecule has 0 fully saturated rings. The van der Waals surface area contributed by atoms with E-state index in [2.05, 4.69) is 42.4 Å². The average Bonchev–Trinajstić information content (AvgIpc) is 3.08. The Morgan fingerprint density at radius 2 is 2.26 bits per heavy atom. The Balaban J connectivity index is 1.81. The minimum absolute atomic E-state index is 0.746. The number of hydrogen-bond acceptors (Lipinski definition) is 5. The van der Waals surface area contributed by atoms with Crippen LogP contribution in [0.2, 0.25) is 0 Å². The fourth-order valence-corrected chi connectivity index (χ4v) is 3.09. The molecule has 5 nitrogen and oxygen atoms in total. The summed E-state index contributed by atoms with van der Waals surface area (Å²) in [7, 11) is 0. The number of nitrogens with one attached hydrogen (secondary N) is 1. The van der Waals surface area contributed by atoms with Gasteiger partial charge in [0.15, 0.2) is 5.82 Å². The molecule has 3 rings (SSSR count). The molecule has 0 aliphatic heterocycles. The summed E-state index contributed by atoms with van der Waals surface area (Å²) in [6.07, 6.45) is 4.87. The highest BCUT2D eigenvalue weighted by molar-refractivity contribution is 9.11. The van der Waals surface area contributed by atoms with Gasteiger partial charge in [0.25, 0.3) is 0 Å². The zero-order valence-corrected chi connectivity index (χ0v) is 12.2. The zero-order chi connectivity index (χ0) is 13.1. The Morgan fingerprint density at radius 1 is 1.32 bits per heavy atom. The van der Waals surface area contributed by atoms with E-state index >= 15 is 0 Å². The number of thiophene rings is 1. The van der Waals surface area contributed by atoms with Gasteiger partial charge in [-0.05, 0) is 40.2 Å². The maximum Gasteiger partial charge on any atom is 0.178 e. The largest absolute Gasteiger partial charge is 0.377 e. The minimum atomic E-state index is 0.746. The van der Waals surface area contributed by atoms with E-state index < -0.39 is 0 Å². The monoisotopic (exact) mass is 335 g/mol. The average molecular weight is 336 g/mol. The van der Waals surface area contributed by atoms with E-state index in [1.807, 2.05) is 18.2 Å². The van der Waals surface area contributed by atoms with Crippen molar-refractivity contribution in [3.05, 3.63) is 51.8 Å². The third kappa shape index (κ3) is 2.82. The summed E-state index contributed by atoms with van der Waals surface area (Å²) < 4.78 is 2.78. The molecule has 0 amide bonds. The summed E-state index contributed by atoms with van der Waals surface area (Å²) in [5.74, 6) is 0.746. The van der Waals surface area contributed by atoms with Crippen molar-refractivity contribution in [1.29, 1.82) is 0 Å². The van der Waals surface area contributed by atoms with Crippen LogP contribution in [0, 0.1) is 0 Å². The van der Waals surface area contributed by atoms with Crippen LogP contribution in [-0.2, 0) is 6.54 Å². The second kappa shape index (κ2) is 5.50. The second-order valence-electron chi connectivity index (χ2n) is 3.77. The predicted octanol–water partition coefficient (Wildman–Crippen LogP) is 3.10. The van der Waals surface area contributed by atoms with Gasteiger partial charge in [0, 0.05) is 17.6 Å². The predicted molar refractivity (Wildman–Crippen MR) is 78.5 cm³/mol. The van der Waals surface area contributed by atoms with Crippen molar-refractivity contribution in [3.8, 4) is 5.82 Å². The van der Waals surface area contributed by atoms with Crippen molar-refractivity contribution in [2.24, 2.45) is 0 Å². The van der Waals surface area contributed by atoms with Crippen LogP contribution in [0.5, 0.6) is 0 Å². The van der Waals surface area contributed by atoms with Crippen molar-refractivity contribution in [2.75, 3.05) is 5.32 Å². The van der Waals surface area contributed by atoms with Gasteiger partial charge < -0.3 is 5.32 Å². The number of nitrogens with zero attached hydrogens (tertiary/aromatic N) is 4. The summed E-state index contributed by atoms with van der Waals surface area (Å²) in [4.78, 5) is 9.52. The van der Waals surface area contributed by atoms with Crippen LogP contribution in [0.3, 0.4) is 0 Å². The van der Waals surface area contributed by atoms with E-state index in [-0.39, 0.29) is 0 Å². The van der Waals surface area contributed by atoms with Gasteiger partial charge in [-0.2, -0.15) is 5.10 Å². The maximum atomic E-state index is 4.33. The Kier molecular flexibility index (Phi) is 3.56. The first-order chi connectivity index (χ1) is 9.33. The Bertz CT molecular complexity index is 664. The standard InChI is InChI=1S/C12H10BrN5S/c13-11-4-3-9(19-11)6-16-10-2-1-5-15-12(10)18-8-14-7-17-18/h1-5,7-8,16H,6H2. The van der Waals surface area contributed by atoms with E-state index in [0.717, 1.165) is 21.8 Å². The molecule has 3 aromatic heterocycles. The number of rotatable bonds is 4. The van der Waals surface area contributed by atoms with Crippen molar-refractivity contribution in [2.45, 2.75) is 6.54 Å². The van der Waals surface area contributed by atoms with Gasteiger partial charge in [-0.25, -0.2) is 14.6 Å². The maximum absolute atomic E-state index is 4.33. The lowest BCUT2D eigenvalue weighted by molar-refractivity contribution is 0.845. The van der Waals surface area contributed by atoms with Crippen LogP contribution in [0.1, 0.15) is 4.88 Å². The highest BCUT2D eigenvalue weighted by Gasteiger charge is 2.06. The fourth-order valence-electron chi connectivity index (χ4n) is 1.66. The molecule has 7 heteroatoms. The number of halogens is 1. The Morgan fingerprint density at radius 3 is 3.00 bits per heavy atom. The van der Waals surface area contributed by atoms with Gasteiger partial charge in [0.1, 0.15) is 12.7 Å². The molecule has 0 saturated carbocycles.